The number of benzene rings is 2. The summed E-state index contributed by atoms with van der Waals surface area (Å²) in [4.78, 5) is 13.0. The summed E-state index contributed by atoms with van der Waals surface area (Å²) in [5.74, 6) is -8.53. The topological polar surface area (TPSA) is 79.5 Å². The molecule has 1 aromatic heterocycles. The van der Waals surface area contributed by atoms with E-state index in [9.17, 15) is 22.0 Å². The van der Waals surface area contributed by atoms with Crippen molar-refractivity contribution in [3.8, 4) is 17.1 Å². The quantitative estimate of drug-likeness (QED) is 0.200. The Morgan fingerprint density at radius 2 is 1.68 bits per heavy atom. The zero-order valence-corrected chi connectivity index (χ0v) is 22.0. The lowest BCUT2D eigenvalue weighted by Gasteiger charge is -2.34. The second-order valence-corrected chi connectivity index (χ2v) is 11.6. The van der Waals surface area contributed by atoms with E-state index < -0.39 is 57.6 Å². The van der Waals surface area contributed by atoms with E-state index in [0.29, 0.717) is 31.9 Å². The molecule has 218 valence electrons. The van der Waals surface area contributed by atoms with Crippen molar-refractivity contribution in [2.45, 2.75) is 55.9 Å². The number of fused-ring (bicyclic) bond motifs is 4. The monoisotopic (exact) mass is 578 g/mol. The number of piperazine rings is 1. The van der Waals surface area contributed by atoms with E-state index in [1.54, 1.807) is 0 Å². The highest BCUT2D eigenvalue weighted by Crippen LogP contribution is 2.42. The van der Waals surface area contributed by atoms with Gasteiger partial charge in [0.2, 0.25) is 0 Å². The van der Waals surface area contributed by atoms with Crippen molar-refractivity contribution in [2.75, 3.05) is 43.4 Å². The maximum atomic E-state index is 16.2. The van der Waals surface area contributed by atoms with Gasteiger partial charge in [0.1, 0.15) is 24.1 Å². The van der Waals surface area contributed by atoms with Gasteiger partial charge in [-0.2, -0.15) is 9.97 Å². The highest BCUT2D eigenvalue weighted by atomic mass is 19.2. The Balaban J connectivity index is 1.34. The number of nitrogens with zero attached hydrogens (tertiary/aromatic N) is 4. The second-order valence-electron chi connectivity index (χ2n) is 11.6. The van der Waals surface area contributed by atoms with Crippen LogP contribution in [-0.4, -0.2) is 71.4 Å². The van der Waals surface area contributed by atoms with Gasteiger partial charge in [0.25, 0.3) is 0 Å². The molecule has 13 heteroatoms. The lowest BCUT2D eigenvalue weighted by molar-refractivity contribution is 0.107. The first-order valence-electron chi connectivity index (χ1n) is 13.8. The Hall–Kier alpha value is -3.32. The molecule has 0 spiro atoms. The van der Waals surface area contributed by atoms with Crippen molar-refractivity contribution in [3.63, 3.8) is 0 Å². The number of anilines is 2. The Bertz CT molecular complexity index is 1520. The summed E-state index contributed by atoms with van der Waals surface area (Å²) in [5, 5.41) is 3.81. The minimum absolute atomic E-state index is 0.0996. The van der Waals surface area contributed by atoms with Gasteiger partial charge in [-0.15, -0.1) is 0 Å². The molecule has 4 fully saturated rings. The summed E-state index contributed by atoms with van der Waals surface area (Å²) >= 11 is 0. The first kappa shape index (κ1) is 26.6. The molecular weight excluding hydrogens is 550 g/mol. The van der Waals surface area contributed by atoms with E-state index >= 15 is 4.39 Å². The number of halogens is 6. The largest absolute Gasteiger partial charge is 0.461 e. The average molecular weight is 579 g/mol. The number of alkyl halides is 1. The first-order chi connectivity index (χ1) is 19.6. The summed E-state index contributed by atoms with van der Waals surface area (Å²) in [7, 11) is 0. The predicted molar refractivity (Wildman–Crippen MR) is 140 cm³/mol. The summed E-state index contributed by atoms with van der Waals surface area (Å²) in [5.41, 5.74) is 2.23. The molecule has 7 nitrogen and oxygen atoms in total. The molecule has 0 unspecified atom stereocenters. The number of nitrogens with two attached hydrogens (primary N) is 1. The predicted octanol–water partition coefficient (Wildman–Crippen LogP) is 4.47. The van der Waals surface area contributed by atoms with E-state index in [1.165, 1.54) is 6.07 Å². The Morgan fingerprint density at radius 3 is 2.44 bits per heavy atom. The third-order valence-corrected chi connectivity index (χ3v) is 9.09. The van der Waals surface area contributed by atoms with Gasteiger partial charge in [-0.05, 0) is 38.3 Å². The Kier molecular flexibility index (Phi) is 6.23. The van der Waals surface area contributed by atoms with Crippen LogP contribution in [0.5, 0.6) is 6.01 Å². The lowest BCUT2D eigenvalue weighted by Crippen LogP contribution is -2.51. The molecule has 3 aromatic rings. The molecule has 4 aliphatic rings. The van der Waals surface area contributed by atoms with Crippen molar-refractivity contribution in [1.29, 1.82) is 0 Å². The Morgan fingerprint density at radius 1 is 0.951 bits per heavy atom. The molecular formula is C28H28F6N6O. The van der Waals surface area contributed by atoms with Crippen molar-refractivity contribution in [2.24, 2.45) is 0 Å². The van der Waals surface area contributed by atoms with Gasteiger partial charge >= 0.3 is 6.01 Å². The lowest BCUT2D eigenvalue weighted by atomic mass is 9.95. The fraction of sp³-hybridized carbons (Fsp3) is 0.500. The summed E-state index contributed by atoms with van der Waals surface area (Å²) in [6, 6.07) is 2.84. The SMILES string of the molecule is Nc1c(F)c(F)c(F)c(F)c1-c1ccc2c(N3C[C@H]4CC[C@@H](C3)N4)nc(OC[C@@]34CCCN3C[C@H](F)C4)nc2c1F. The molecule has 5 heterocycles. The maximum Gasteiger partial charge on any atom is 0.319 e. The molecule has 41 heavy (non-hydrogen) atoms. The van der Waals surface area contributed by atoms with Crippen LogP contribution in [0.1, 0.15) is 32.1 Å². The maximum absolute atomic E-state index is 16.2. The van der Waals surface area contributed by atoms with Crippen molar-refractivity contribution < 1.29 is 31.1 Å². The highest BCUT2D eigenvalue weighted by molar-refractivity contribution is 5.95. The van der Waals surface area contributed by atoms with E-state index in [2.05, 4.69) is 20.2 Å². The van der Waals surface area contributed by atoms with Crippen LogP contribution in [0.15, 0.2) is 12.1 Å². The molecule has 0 radical (unpaired) electrons. The Labute approximate surface area is 231 Å². The van der Waals surface area contributed by atoms with Gasteiger partial charge in [-0.3, -0.25) is 4.90 Å². The van der Waals surface area contributed by atoms with Crippen LogP contribution < -0.4 is 20.7 Å². The van der Waals surface area contributed by atoms with Crippen LogP contribution in [0, 0.1) is 29.1 Å². The number of hydrogen-bond donors (Lipinski definition) is 2. The van der Waals surface area contributed by atoms with Gasteiger partial charge in [-0.25, -0.2) is 26.3 Å². The molecule has 2 bridgehead atoms. The normalized spacial score (nSPS) is 27.7. The fourth-order valence-electron chi connectivity index (χ4n) is 7.15. The summed E-state index contributed by atoms with van der Waals surface area (Å²) in [6.45, 7) is 2.38. The molecule has 0 aliphatic carbocycles. The second kappa shape index (κ2) is 9.62. The average Bonchev–Trinajstić information content (AvgIpc) is 3.61. The standard InChI is InChI=1S/C28H28F6N6O/c29-13-8-28(6-1-7-40(28)9-13)12-41-27-37-25-17(26(38-27)39-10-14-2-3-15(11-39)36-14)5-4-16(19(25)30)18-20(31)21(32)22(33)23(34)24(18)35/h4-5,13-15,36H,1-3,6-12,35H2/t13-,14-,15+,28+/m1/s1. The number of nitrogens with one attached hydrogen (secondary N) is 1. The van der Waals surface area contributed by atoms with Crippen LogP contribution >= 0.6 is 0 Å². The molecule has 2 aromatic carbocycles. The zero-order chi connectivity index (χ0) is 28.6. The minimum atomic E-state index is -2.10. The van der Waals surface area contributed by atoms with Crippen LogP contribution in [0.25, 0.3) is 22.0 Å². The van der Waals surface area contributed by atoms with Gasteiger partial charge in [0.15, 0.2) is 29.1 Å². The fourth-order valence-corrected chi connectivity index (χ4v) is 7.15. The van der Waals surface area contributed by atoms with E-state index in [0.717, 1.165) is 38.3 Å². The van der Waals surface area contributed by atoms with Gasteiger partial charge < -0.3 is 20.7 Å². The molecule has 4 saturated heterocycles. The van der Waals surface area contributed by atoms with E-state index in [1.807, 2.05) is 4.90 Å². The highest BCUT2D eigenvalue weighted by Gasteiger charge is 2.49. The molecule has 3 N–H and O–H groups in total. The summed E-state index contributed by atoms with van der Waals surface area (Å²) < 4.78 is 93.5. The minimum Gasteiger partial charge on any atom is -0.461 e. The van der Waals surface area contributed by atoms with Crippen LogP contribution in [0.2, 0.25) is 0 Å². The number of nitrogen functional groups attached to an aromatic ring is 1. The zero-order valence-electron chi connectivity index (χ0n) is 22.0. The number of hydrogen-bond acceptors (Lipinski definition) is 7. The van der Waals surface area contributed by atoms with Gasteiger partial charge in [0, 0.05) is 54.7 Å². The van der Waals surface area contributed by atoms with Gasteiger partial charge in [0.05, 0.1) is 11.2 Å². The molecule has 4 atom stereocenters. The molecule has 7 rings (SSSR count). The van der Waals surface area contributed by atoms with Gasteiger partial charge in [-0.1, -0.05) is 6.07 Å². The third kappa shape index (κ3) is 4.18. The number of aromatic nitrogens is 2. The molecule has 0 amide bonds. The smallest absolute Gasteiger partial charge is 0.319 e. The number of ether oxygens (including phenoxy) is 1. The van der Waals surface area contributed by atoms with Crippen molar-refractivity contribution in [3.05, 3.63) is 41.2 Å². The van der Waals surface area contributed by atoms with Crippen LogP contribution in [-0.2, 0) is 0 Å². The van der Waals surface area contributed by atoms with Crippen LogP contribution in [0.3, 0.4) is 0 Å². The molecule has 4 aliphatic heterocycles. The van der Waals surface area contributed by atoms with Crippen molar-refractivity contribution in [1.82, 2.24) is 20.2 Å². The van der Waals surface area contributed by atoms with Crippen LogP contribution in [0.4, 0.5) is 37.8 Å². The van der Waals surface area contributed by atoms with Crippen molar-refractivity contribution >= 4 is 22.4 Å². The number of rotatable bonds is 5. The first-order valence-corrected chi connectivity index (χ1v) is 13.8. The van der Waals surface area contributed by atoms with E-state index in [-0.39, 0.29) is 35.6 Å². The van der Waals surface area contributed by atoms with E-state index in [4.69, 9.17) is 10.5 Å². The molecule has 0 saturated carbocycles. The third-order valence-electron chi connectivity index (χ3n) is 9.09. The summed E-state index contributed by atoms with van der Waals surface area (Å²) in [6.07, 6.45) is 2.95.